The van der Waals surface area contributed by atoms with E-state index in [4.69, 9.17) is 14.6 Å². The second-order valence-electron chi connectivity index (χ2n) is 7.52. The van der Waals surface area contributed by atoms with E-state index >= 15 is 0 Å². The van der Waals surface area contributed by atoms with Gasteiger partial charge in [0.05, 0.1) is 29.5 Å². The van der Waals surface area contributed by atoms with Crippen molar-refractivity contribution >= 4 is 11.9 Å². The Morgan fingerprint density at radius 2 is 2.04 bits per heavy atom. The predicted octanol–water partition coefficient (Wildman–Crippen LogP) is 2.36. The lowest BCUT2D eigenvalue weighted by Gasteiger charge is -2.16. The minimum absolute atomic E-state index is 0.0473. The van der Waals surface area contributed by atoms with Gasteiger partial charge in [-0.15, -0.1) is 0 Å². The van der Waals surface area contributed by atoms with Gasteiger partial charge in [-0.1, -0.05) is 27.7 Å². The molecule has 152 valence electrons. The van der Waals surface area contributed by atoms with Crippen molar-refractivity contribution in [3.05, 3.63) is 17.0 Å². The van der Waals surface area contributed by atoms with E-state index in [1.54, 1.807) is 0 Å². The van der Waals surface area contributed by atoms with Gasteiger partial charge in [-0.2, -0.15) is 5.10 Å². The Labute approximate surface area is 161 Å². The Balaban J connectivity index is 2.18. The van der Waals surface area contributed by atoms with Gasteiger partial charge in [0.2, 0.25) is 0 Å². The molecule has 27 heavy (non-hydrogen) atoms. The molecule has 1 aliphatic rings. The van der Waals surface area contributed by atoms with Crippen LogP contribution in [0.15, 0.2) is 0 Å². The summed E-state index contributed by atoms with van der Waals surface area (Å²) in [6.45, 7) is 10.6. The third kappa shape index (κ3) is 6.06. The second kappa shape index (κ2) is 10.4. The number of fused-ring (bicyclic) bond motifs is 1. The van der Waals surface area contributed by atoms with Crippen LogP contribution in [-0.4, -0.2) is 48.0 Å². The SMILES string of the molecule is CCc1nn(C[C@@H](C)COC(=O)C(C)C)c2c1C(=O)NCCCOCCC2. The first-order valence-corrected chi connectivity index (χ1v) is 10.0. The molecule has 7 nitrogen and oxygen atoms in total. The van der Waals surface area contributed by atoms with Gasteiger partial charge in [0.15, 0.2) is 0 Å². The van der Waals surface area contributed by atoms with E-state index < -0.39 is 0 Å². The lowest BCUT2D eigenvalue weighted by molar-refractivity contribution is -0.148. The fraction of sp³-hybridized carbons (Fsp3) is 0.750. The minimum atomic E-state index is -0.188. The summed E-state index contributed by atoms with van der Waals surface area (Å²) < 4.78 is 12.9. The quantitative estimate of drug-likeness (QED) is 0.767. The highest BCUT2D eigenvalue weighted by Crippen LogP contribution is 2.20. The molecule has 1 amide bonds. The predicted molar refractivity (Wildman–Crippen MR) is 103 cm³/mol. The van der Waals surface area contributed by atoms with Crippen LogP contribution in [0.4, 0.5) is 0 Å². The van der Waals surface area contributed by atoms with E-state index in [0.29, 0.717) is 44.9 Å². The topological polar surface area (TPSA) is 82.5 Å². The Hall–Kier alpha value is -1.89. The Morgan fingerprint density at radius 1 is 1.30 bits per heavy atom. The maximum absolute atomic E-state index is 12.7. The average molecular weight is 380 g/mol. The molecule has 0 spiro atoms. The van der Waals surface area contributed by atoms with Gasteiger partial charge in [0.1, 0.15) is 0 Å². The Bertz CT molecular complexity index is 639. The van der Waals surface area contributed by atoms with E-state index in [1.807, 2.05) is 32.4 Å². The number of carbonyl (C=O) groups excluding carboxylic acids is 2. The number of rotatable bonds is 6. The molecule has 1 N–H and O–H groups in total. The first-order chi connectivity index (χ1) is 12.9. The summed E-state index contributed by atoms with van der Waals surface area (Å²) in [4.78, 5) is 24.4. The number of amides is 1. The fourth-order valence-corrected chi connectivity index (χ4v) is 3.11. The smallest absolute Gasteiger partial charge is 0.308 e. The van der Waals surface area contributed by atoms with Crippen LogP contribution in [0, 0.1) is 11.8 Å². The molecule has 2 rings (SSSR count). The molecule has 2 heterocycles. The molecule has 0 saturated heterocycles. The van der Waals surface area contributed by atoms with Gasteiger partial charge in [-0.05, 0) is 25.7 Å². The van der Waals surface area contributed by atoms with E-state index in [1.165, 1.54) is 0 Å². The van der Waals surface area contributed by atoms with Crippen LogP contribution in [0.1, 0.15) is 62.3 Å². The van der Waals surface area contributed by atoms with Crippen molar-refractivity contribution in [2.24, 2.45) is 11.8 Å². The highest BCUT2D eigenvalue weighted by atomic mass is 16.5. The first-order valence-electron chi connectivity index (χ1n) is 10.0. The lowest BCUT2D eigenvalue weighted by atomic mass is 10.1. The highest BCUT2D eigenvalue weighted by molar-refractivity contribution is 5.96. The summed E-state index contributed by atoms with van der Waals surface area (Å²) in [7, 11) is 0. The zero-order valence-corrected chi connectivity index (χ0v) is 17.0. The molecule has 0 aliphatic carbocycles. The van der Waals surface area contributed by atoms with Crippen molar-refractivity contribution in [3.63, 3.8) is 0 Å². The summed E-state index contributed by atoms with van der Waals surface area (Å²) >= 11 is 0. The van der Waals surface area contributed by atoms with Crippen LogP contribution < -0.4 is 5.32 Å². The molecule has 0 aromatic carbocycles. The molecule has 1 aromatic heterocycles. The molecule has 0 bridgehead atoms. The molecule has 7 heteroatoms. The van der Waals surface area contributed by atoms with Crippen molar-refractivity contribution in [1.82, 2.24) is 15.1 Å². The second-order valence-corrected chi connectivity index (χ2v) is 7.52. The standard InChI is InChI=1S/C20H33N3O4/c1-5-16-18-17(8-6-10-26-11-7-9-21-19(18)24)23(22-16)12-15(4)13-27-20(25)14(2)3/h14-15H,5-13H2,1-4H3,(H,21,24)/t15-/m1/s1. The zero-order chi connectivity index (χ0) is 19.8. The molecule has 1 aliphatic heterocycles. The Kier molecular flexibility index (Phi) is 8.28. The summed E-state index contributed by atoms with van der Waals surface area (Å²) in [6.07, 6.45) is 3.12. The van der Waals surface area contributed by atoms with Gasteiger partial charge in [0, 0.05) is 32.2 Å². The van der Waals surface area contributed by atoms with E-state index in [9.17, 15) is 9.59 Å². The number of aromatic nitrogens is 2. The summed E-state index contributed by atoms with van der Waals surface area (Å²) in [5.74, 6) is -0.255. The van der Waals surface area contributed by atoms with Crippen LogP contribution in [0.3, 0.4) is 0 Å². The Morgan fingerprint density at radius 3 is 2.74 bits per heavy atom. The van der Waals surface area contributed by atoms with Crippen molar-refractivity contribution in [3.8, 4) is 0 Å². The van der Waals surface area contributed by atoms with Gasteiger partial charge in [-0.25, -0.2) is 0 Å². The van der Waals surface area contributed by atoms with Crippen LogP contribution in [-0.2, 0) is 33.7 Å². The zero-order valence-electron chi connectivity index (χ0n) is 17.0. The minimum Gasteiger partial charge on any atom is -0.465 e. The molecule has 1 atom stereocenters. The molecule has 0 unspecified atom stereocenters. The molecule has 0 saturated carbocycles. The first kappa shape index (κ1) is 21.4. The van der Waals surface area contributed by atoms with Crippen LogP contribution >= 0.6 is 0 Å². The van der Waals surface area contributed by atoms with Crippen molar-refractivity contribution < 1.29 is 19.1 Å². The number of nitrogens with zero attached hydrogens (tertiary/aromatic N) is 2. The van der Waals surface area contributed by atoms with Crippen molar-refractivity contribution in [2.75, 3.05) is 26.4 Å². The van der Waals surface area contributed by atoms with E-state index in [2.05, 4.69) is 5.32 Å². The van der Waals surface area contributed by atoms with Crippen LogP contribution in [0.2, 0.25) is 0 Å². The van der Waals surface area contributed by atoms with Crippen LogP contribution in [0.5, 0.6) is 0 Å². The van der Waals surface area contributed by atoms with Gasteiger partial charge in [0.25, 0.3) is 5.91 Å². The monoisotopic (exact) mass is 379 g/mol. The van der Waals surface area contributed by atoms with Crippen molar-refractivity contribution in [2.45, 2.75) is 59.9 Å². The third-order valence-corrected chi connectivity index (χ3v) is 4.61. The fourth-order valence-electron chi connectivity index (χ4n) is 3.11. The van der Waals surface area contributed by atoms with E-state index in [0.717, 1.165) is 30.7 Å². The largest absolute Gasteiger partial charge is 0.465 e. The van der Waals surface area contributed by atoms with Gasteiger partial charge in [-0.3, -0.25) is 14.3 Å². The molecular formula is C20H33N3O4. The van der Waals surface area contributed by atoms with Crippen molar-refractivity contribution in [1.29, 1.82) is 0 Å². The molecular weight excluding hydrogens is 346 g/mol. The van der Waals surface area contributed by atoms with Gasteiger partial charge >= 0.3 is 5.97 Å². The molecule has 0 radical (unpaired) electrons. The number of esters is 1. The normalized spacial score (nSPS) is 17.0. The number of aryl methyl sites for hydroxylation is 1. The number of carbonyl (C=O) groups is 2. The maximum atomic E-state index is 12.7. The van der Waals surface area contributed by atoms with E-state index in [-0.39, 0.29) is 23.7 Å². The highest BCUT2D eigenvalue weighted by Gasteiger charge is 2.24. The average Bonchev–Trinajstić information content (AvgIpc) is 2.96. The molecule has 1 aromatic rings. The number of nitrogens with one attached hydrogen (secondary N) is 1. The molecule has 0 fully saturated rings. The number of hydrogen-bond acceptors (Lipinski definition) is 5. The maximum Gasteiger partial charge on any atom is 0.308 e. The third-order valence-electron chi connectivity index (χ3n) is 4.61. The van der Waals surface area contributed by atoms with Crippen LogP contribution in [0.25, 0.3) is 0 Å². The summed E-state index contributed by atoms with van der Waals surface area (Å²) in [5, 5.41) is 7.69. The van der Waals surface area contributed by atoms with Gasteiger partial charge < -0.3 is 14.8 Å². The lowest BCUT2D eigenvalue weighted by Crippen LogP contribution is -2.27. The number of hydrogen-bond donors (Lipinski definition) is 1. The number of ether oxygens (including phenoxy) is 2. The summed E-state index contributed by atoms with van der Waals surface area (Å²) in [6, 6.07) is 0. The summed E-state index contributed by atoms with van der Waals surface area (Å²) in [5.41, 5.74) is 2.50.